The van der Waals surface area contributed by atoms with Gasteiger partial charge in [0.25, 0.3) is 0 Å². The molecule has 1 aliphatic heterocycles. The number of hydrogen-bond acceptors (Lipinski definition) is 1. The van der Waals surface area contributed by atoms with E-state index in [9.17, 15) is 0 Å². The van der Waals surface area contributed by atoms with Gasteiger partial charge in [-0.1, -0.05) is 18.1 Å². The number of aryl methyl sites for hydroxylation is 1. The molecule has 1 aliphatic rings. The Morgan fingerprint density at radius 1 is 1.10 bits per heavy atom. The van der Waals surface area contributed by atoms with Crippen LogP contribution in [0.2, 0.25) is 0 Å². The molecule has 2 heterocycles. The average Bonchev–Trinajstić information content (AvgIpc) is 2.78. The molecule has 108 valence electrons. The lowest BCUT2D eigenvalue weighted by atomic mass is 10.1. The standard InChI is InChI=1S/C18H26N2/c1-14(2)20-13-16(12-19-9-5-4-6-10-19)17-11-15(3)7-8-18(17)20/h7-8,11,13-14H,4-6,9-10,12H2,1-3H3. The normalized spacial score (nSPS) is 17.2. The molecule has 1 saturated heterocycles. The maximum absolute atomic E-state index is 2.62. The SMILES string of the molecule is Cc1ccc2c(c1)c(CN1CCCCC1)cn2C(C)C. The molecule has 0 saturated carbocycles. The number of rotatable bonds is 3. The molecule has 0 radical (unpaired) electrons. The lowest BCUT2D eigenvalue weighted by Crippen LogP contribution is -2.29. The number of nitrogens with zero attached hydrogens (tertiary/aromatic N) is 2. The van der Waals surface area contributed by atoms with Crippen LogP contribution < -0.4 is 0 Å². The van der Waals surface area contributed by atoms with Crippen LogP contribution in [-0.2, 0) is 6.54 Å². The van der Waals surface area contributed by atoms with Crippen LogP contribution in [0.5, 0.6) is 0 Å². The Balaban J connectivity index is 1.98. The van der Waals surface area contributed by atoms with Crippen molar-refractivity contribution in [3.8, 4) is 0 Å². The summed E-state index contributed by atoms with van der Waals surface area (Å²) in [6.45, 7) is 10.4. The van der Waals surface area contributed by atoms with E-state index in [0.29, 0.717) is 6.04 Å². The topological polar surface area (TPSA) is 8.17 Å². The van der Waals surface area contributed by atoms with E-state index in [1.807, 2.05) is 0 Å². The number of piperidine rings is 1. The van der Waals surface area contributed by atoms with Gasteiger partial charge in [-0.2, -0.15) is 0 Å². The van der Waals surface area contributed by atoms with Gasteiger partial charge in [-0.3, -0.25) is 4.90 Å². The second-order valence-electron chi connectivity index (χ2n) is 6.51. The monoisotopic (exact) mass is 270 g/mol. The van der Waals surface area contributed by atoms with Crippen molar-refractivity contribution >= 4 is 10.9 Å². The number of fused-ring (bicyclic) bond motifs is 1. The first kappa shape index (κ1) is 13.7. The fourth-order valence-electron chi connectivity index (χ4n) is 3.35. The lowest BCUT2D eigenvalue weighted by molar-refractivity contribution is 0.221. The predicted molar refractivity (Wildman–Crippen MR) is 86.2 cm³/mol. The Morgan fingerprint density at radius 3 is 2.55 bits per heavy atom. The van der Waals surface area contributed by atoms with Gasteiger partial charge in [-0.05, 0) is 64.4 Å². The quantitative estimate of drug-likeness (QED) is 0.796. The molecule has 0 aliphatic carbocycles. The van der Waals surface area contributed by atoms with Crippen molar-refractivity contribution in [2.24, 2.45) is 0 Å². The van der Waals surface area contributed by atoms with E-state index < -0.39 is 0 Å². The van der Waals surface area contributed by atoms with Crippen LogP contribution in [0.25, 0.3) is 10.9 Å². The molecule has 3 rings (SSSR count). The molecular formula is C18H26N2. The minimum Gasteiger partial charge on any atom is -0.345 e. The van der Waals surface area contributed by atoms with Gasteiger partial charge >= 0.3 is 0 Å². The second-order valence-corrected chi connectivity index (χ2v) is 6.51. The van der Waals surface area contributed by atoms with Crippen molar-refractivity contribution in [1.82, 2.24) is 9.47 Å². The second kappa shape index (κ2) is 5.61. The van der Waals surface area contributed by atoms with Gasteiger partial charge in [0.1, 0.15) is 0 Å². The van der Waals surface area contributed by atoms with Crippen LogP contribution in [-0.4, -0.2) is 22.6 Å². The van der Waals surface area contributed by atoms with Crippen molar-refractivity contribution in [3.63, 3.8) is 0 Å². The summed E-state index contributed by atoms with van der Waals surface area (Å²) in [5.41, 5.74) is 4.25. The van der Waals surface area contributed by atoms with Crippen molar-refractivity contribution in [3.05, 3.63) is 35.5 Å². The number of benzene rings is 1. The van der Waals surface area contributed by atoms with E-state index in [2.05, 4.69) is 54.6 Å². The van der Waals surface area contributed by atoms with Gasteiger partial charge in [-0.25, -0.2) is 0 Å². The molecule has 1 aromatic heterocycles. The van der Waals surface area contributed by atoms with Crippen LogP contribution in [0.1, 0.15) is 50.3 Å². The van der Waals surface area contributed by atoms with Gasteiger partial charge in [0, 0.05) is 29.7 Å². The summed E-state index contributed by atoms with van der Waals surface area (Å²) in [6.07, 6.45) is 6.51. The number of likely N-dealkylation sites (tertiary alicyclic amines) is 1. The Kier molecular flexibility index (Phi) is 3.84. The maximum atomic E-state index is 2.62. The highest BCUT2D eigenvalue weighted by atomic mass is 15.1. The predicted octanol–water partition coefficient (Wildman–Crippen LogP) is 4.52. The third-order valence-corrected chi connectivity index (χ3v) is 4.47. The zero-order valence-corrected chi connectivity index (χ0v) is 13.0. The maximum Gasteiger partial charge on any atom is 0.0486 e. The molecule has 0 N–H and O–H groups in total. The fraction of sp³-hybridized carbons (Fsp3) is 0.556. The lowest BCUT2D eigenvalue weighted by Gasteiger charge is -2.26. The van der Waals surface area contributed by atoms with E-state index >= 15 is 0 Å². The largest absolute Gasteiger partial charge is 0.345 e. The molecule has 0 amide bonds. The van der Waals surface area contributed by atoms with E-state index in [4.69, 9.17) is 0 Å². The highest BCUT2D eigenvalue weighted by molar-refractivity contribution is 5.84. The van der Waals surface area contributed by atoms with Crippen molar-refractivity contribution in [2.45, 2.75) is 52.6 Å². The Morgan fingerprint density at radius 2 is 1.85 bits per heavy atom. The highest BCUT2D eigenvalue weighted by Gasteiger charge is 2.15. The first-order valence-corrected chi connectivity index (χ1v) is 7.97. The van der Waals surface area contributed by atoms with Gasteiger partial charge in [-0.15, -0.1) is 0 Å². The molecule has 2 aromatic rings. The highest BCUT2D eigenvalue weighted by Crippen LogP contribution is 2.27. The third kappa shape index (κ3) is 2.62. The Bertz CT molecular complexity index is 589. The summed E-state index contributed by atoms with van der Waals surface area (Å²) < 4.78 is 2.42. The molecule has 2 nitrogen and oxygen atoms in total. The Hall–Kier alpha value is -1.28. The smallest absolute Gasteiger partial charge is 0.0486 e. The van der Waals surface area contributed by atoms with Gasteiger partial charge < -0.3 is 4.57 Å². The van der Waals surface area contributed by atoms with Crippen LogP contribution in [0.4, 0.5) is 0 Å². The minimum atomic E-state index is 0.523. The van der Waals surface area contributed by atoms with E-state index in [0.717, 1.165) is 6.54 Å². The first-order chi connectivity index (χ1) is 9.65. The van der Waals surface area contributed by atoms with Crippen molar-refractivity contribution < 1.29 is 0 Å². The zero-order valence-electron chi connectivity index (χ0n) is 13.0. The number of hydrogen-bond donors (Lipinski definition) is 0. The fourth-order valence-corrected chi connectivity index (χ4v) is 3.35. The summed E-state index contributed by atoms with van der Waals surface area (Å²) in [4.78, 5) is 2.62. The summed E-state index contributed by atoms with van der Waals surface area (Å²) in [5.74, 6) is 0. The first-order valence-electron chi connectivity index (χ1n) is 7.97. The van der Waals surface area contributed by atoms with Crippen molar-refractivity contribution in [1.29, 1.82) is 0 Å². The number of aromatic nitrogens is 1. The molecule has 0 spiro atoms. The molecule has 0 atom stereocenters. The van der Waals surface area contributed by atoms with E-state index in [1.165, 1.54) is 54.4 Å². The molecule has 2 heteroatoms. The summed E-state index contributed by atoms with van der Waals surface area (Å²) in [5, 5.41) is 1.45. The molecule has 1 fully saturated rings. The van der Waals surface area contributed by atoms with Gasteiger partial charge in [0.15, 0.2) is 0 Å². The Labute approximate surface area is 122 Å². The summed E-state index contributed by atoms with van der Waals surface area (Å²) >= 11 is 0. The molecule has 1 aromatic carbocycles. The zero-order chi connectivity index (χ0) is 14.1. The average molecular weight is 270 g/mol. The van der Waals surface area contributed by atoms with Gasteiger partial charge in [0.2, 0.25) is 0 Å². The van der Waals surface area contributed by atoms with E-state index in [1.54, 1.807) is 0 Å². The van der Waals surface area contributed by atoms with E-state index in [-0.39, 0.29) is 0 Å². The van der Waals surface area contributed by atoms with Crippen LogP contribution in [0.3, 0.4) is 0 Å². The minimum absolute atomic E-state index is 0.523. The van der Waals surface area contributed by atoms with Crippen molar-refractivity contribution in [2.75, 3.05) is 13.1 Å². The summed E-state index contributed by atoms with van der Waals surface area (Å²) in [6, 6.07) is 7.39. The van der Waals surface area contributed by atoms with Gasteiger partial charge in [0.05, 0.1) is 0 Å². The van der Waals surface area contributed by atoms with Crippen LogP contribution in [0.15, 0.2) is 24.4 Å². The molecule has 0 unspecified atom stereocenters. The molecule has 0 bridgehead atoms. The summed E-state index contributed by atoms with van der Waals surface area (Å²) in [7, 11) is 0. The molecular weight excluding hydrogens is 244 g/mol. The third-order valence-electron chi connectivity index (χ3n) is 4.47. The molecule has 20 heavy (non-hydrogen) atoms. The van der Waals surface area contributed by atoms with Crippen LogP contribution >= 0.6 is 0 Å². The van der Waals surface area contributed by atoms with Crippen LogP contribution in [0, 0.1) is 6.92 Å².